The number of hydrogen-bond donors (Lipinski definition) is 0. The molecule has 0 saturated carbocycles. The molecule has 1 aromatic heterocycles. The Bertz CT molecular complexity index is 1180. The lowest BCUT2D eigenvalue weighted by Gasteiger charge is -2.05. The Morgan fingerprint density at radius 3 is 2.14 bits per heavy atom. The number of carbonyl (C=O) groups is 1. The number of ketones is 1. The smallest absolute Gasteiger partial charge is 0.228 e. The summed E-state index contributed by atoms with van der Waals surface area (Å²) in [7, 11) is -1.36. The topological polar surface area (TPSA) is 47.3 Å². The van der Waals surface area contributed by atoms with Crippen LogP contribution in [0.2, 0.25) is 10.0 Å². The first-order chi connectivity index (χ1) is 13.5. The maximum absolute atomic E-state index is 13.1. The predicted octanol–water partition coefficient (Wildman–Crippen LogP) is 6.28. The Morgan fingerprint density at radius 1 is 0.857 bits per heavy atom. The first-order valence-corrected chi connectivity index (χ1v) is 10.5. The van der Waals surface area contributed by atoms with Crippen molar-refractivity contribution in [2.75, 3.05) is 0 Å². The molecule has 1 atom stereocenters. The molecule has 140 valence electrons. The van der Waals surface area contributed by atoms with E-state index < -0.39 is 10.8 Å². The maximum Gasteiger partial charge on any atom is 0.228 e. The molecule has 1 heterocycles. The quantitative estimate of drug-likeness (QED) is 0.351. The van der Waals surface area contributed by atoms with E-state index in [2.05, 4.69) is 0 Å². The fourth-order valence-corrected chi connectivity index (χ4v) is 4.37. The largest absolute Gasteiger partial charge is 0.452 e. The second-order valence-corrected chi connectivity index (χ2v) is 8.51. The van der Waals surface area contributed by atoms with Crippen molar-refractivity contribution in [3.63, 3.8) is 0 Å². The summed E-state index contributed by atoms with van der Waals surface area (Å²) in [6, 6.07) is 20.8. The van der Waals surface area contributed by atoms with E-state index in [1.54, 1.807) is 54.6 Å². The van der Waals surface area contributed by atoms with Gasteiger partial charge >= 0.3 is 0 Å². The van der Waals surface area contributed by atoms with Crippen LogP contribution in [-0.2, 0) is 16.6 Å². The van der Waals surface area contributed by atoms with Gasteiger partial charge in [0.05, 0.1) is 16.6 Å². The van der Waals surface area contributed by atoms with Crippen molar-refractivity contribution in [2.45, 2.75) is 10.6 Å². The van der Waals surface area contributed by atoms with Crippen LogP contribution in [0.4, 0.5) is 0 Å². The van der Waals surface area contributed by atoms with Crippen molar-refractivity contribution in [1.29, 1.82) is 0 Å². The number of benzene rings is 3. The average molecular weight is 429 g/mol. The Kier molecular flexibility index (Phi) is 5.36. The summed E-state index contributed by atoms with van der Waals surface area (Å²) < 4.78 is 18.8. The van der Waals surface area contributed by atoms with Crippen molar-refractivity contribution >= 4 is 50.8 Å². The standard InChI is InChI=1S/C22H14Cl2O3S/c23-15-7-5-14(6-8-15)21(25)22-19(18-3-1-2-4-20(18)27-22)13-28(26)17-11-9-16(24)10-12-17/h1-12H,13H2/t28-/m1/s1. The average Bonchev–Trinajstić information content (AvgIpc) is 3.07. The molecule has 0 aliphatic heterocycles. The van der Waals surface area contributed by atoms with Gasteiger partial charge in [0.1, 0.15) is 5.58 Å². The van der Waals surface area contributed by atoms with Gasteiger partial charge in [-0.15, -0.1) is 0 Å². The van der Waals surface area contributed by atoms with Crippen LogP contribution >= 0.6 is 23.2 Å². The molecule has 0 saturated heterocycles. The van der Waals surface area contributed by atoms with Gasteiger partial charge in [0.25, 0.3) is 0 Å². The molecular formula is C22H14Cl2O3S. The van der Waals surface area contributed by atoms with Gasteiger partial charge in [0.2, 0.25) is 5.78 Å². The molecule has 0 aliphatic rings. The van der Waals surface area contributed by atoms with Crippen molar-refractivity contribution in [3.05, 3.63) is 99.7 Å². The zero-order chi connectivity index (χ0) is 19.7. The third kappa shape index (κ3) is 3.76. The van der Waals surface area contributed by atoms with Crippen LogP contribution in [-0.4, -0.2) is 9.99 Å². The molecule has 0 bridgehead atoms. The van der Waals surface area contributed by atoms with E-state index in [1.165, 1.54) is 0 Å². The number of halogens is 2. The normalized spacial score (nSPS) is 12.2. The summed E-state index contributed by atoms with van der Waals surface area (Å²) in [4.78, 5) is 13.7. The Hall–Kier alpha value is -2.40. The van der Waals surface area contributed by atoms with Crippen molar-refractivity contribution < 1.29 is 13.4 Å². The Labute approximate surface area is 174 Å². The molecule has 0 amide bonds. The molecule has 3 nitrogen and oxygen atoms in total. The van der Waals surface area contributed by atoms with Crippen LogP contribution in [0.15, 0.2) is 82.1 Å². The van der Waals surface area contributed by atoms with Crippen LogP contribution < -0.4 is 0 Å². The number of carbonyl (C=O) groups excluding carboxylic acids is 1. The highest BCUT2D eigenvalue weighted by Gasteiger charge is 2.23. The van der Waals surface area contributed by atoms with E-state index in [4.69, 9.17) is 27.6 Å². The van der Waals surface area contributed by atoms with Crippen molar-refractivity contribution in [1.82, 2.24) is 0 Å². The summed E-state index contributed by atoms with van der Waals surface area (Å²) in [6.45, 7) is 0. The third-order valence-electron chi connectivity index (χ3n) is 4.36. The zero-order valence-electron chi connectivity index (χ0n) is 14.5. The second kappa shape index (κ2) is 7.92. The number of fused-ring (bicyclic) bond motifs is 1. The summed E-state index contributed by atoms with van der Waals surface area (Å²) in [5.74, 6) is 0.0923. The summed E-state index contributed by atoms with van der Waals surface area (Å²) in [5.41, 5.74) is 1.67. The predicted molar refractivity (Wildman–Crippen MR) is 113 cm³/mol. The van der Waals surface area contributed by atoms with Gasteiger partial charge in [0, 0.05) is 31.5 Å². The molecule has 6 heteroatoms. The first-order valence-electron chi connectivity index (χ1n) is 8.47. The Morgan fingerprint density at radius 2 is 1.46 bits per heavy atom. The lowest BCUT2D eigenvalue weighted by molar-refractivity contribution is 0.101. The van der Waals surface area contributed by atoms with Crippen LogP contribution in [0.25, 0.3) is 11.0 Å². The monoisotopic (exact) mass is 428 g/mol. The number of hydrogen-bond acceptors (Lipinski definition) is 3. The molecule has 28 heavy (non-hydrogen) atoms. The first kappa shape index (κ1) is 18.9. The van der Waals surface area contributed by atoms with Gasteiger partial charge in [0.15, 0.2) is 5.76 Å². The van der Waals surface area contributed by atoms with E-state index in [1.807, 2.05) is 18.2 Å². The zero-order valence-corrected chi connectivity index (χ0v) is 16.9. The van der Waals surface area contributed by atoms with Crippen molar-refractivity contribution in [3.8, 4) is 0 Å². The Balaban J connectivity index is 1.77. The minimum Gasteiger partial charge on any atom is -0.452 e. The SMILES string of the molecule is O=C(c1ccc(Cl)cc1)c1oc2ccccc2c1C[S@@](=O)c1ccc(Cl)cc1. The molecule has 0 fully saturated rings. The van der Waals surface area contributed by atoms with Gasteiger partial charge in [-0.25, -0.2) is 0 Å². The van der Waals surface area contributed by atoms with Crippen LogP contribution in [0, 0.1) is 0 Å². The number of rotatable bonds is 5. The number of para-hydroxylation sites is 1. The fraction of sp³-hybridized carbons (Fsp3) is 0.0455. The highest BCUT2D eigenvalue weighted by molar-refractivity contribution is 7.84. The second-order valence-electron chi connectivity index (χ2n) is 6.19. The van der Waals surface area contributed by atoms with Gasteiger partial charge in [-0.05, 0) is 54.6 Å². The summed E-state index contributed by atoms with van der Waals surface area (Å²) in [6.07, 6.45) is 0. The minimum absolute atomic E-state index is 0.160. The van der Waals surface area contributed by atoms with E-state index in [0.717, 1.165) is 5.39 Å². The van der Waals surface area contributed by atoms with Crippen LogP contribution in [0.5, 0.6) is 0 Å². The number of furan rings is 1. The molecule has 0 aliphatic carbocycles. The highest BCUT2D eigenvalue weighted by atomic mass is 35.5. The van der Waals surface area contributed by atoms with Crippen molar-refractivity contribution in [2.24, 2.45) is 0 Å². The fourth-order valence-electron chi connectivity index (χ4n) is 2.96. The summed E-state index contributed by atoms with van der Waals surface area (Å²) >= 11 is 11.8. The lowest BCUT2D eigenvalue weighted by Crippen LogP contribution is -2.05. The molecule has 0 unspecified atom stereocenters. The third-order valence-corrected chi connectivity index (χ3v) is 6.22. The minimum atomic E-state index is -1.36. The van der Waals surface area contributed by atoms with E-state index in [9.17, 15) is 9.00 Å². The molecule has 0 radical (unpaired) electrons. The van der Waals surface area contributed by atoms with Gasteiger partial charge in [-0.1, -0.05) is 41.4 Å². The molecule has 0 spiro atoms. The van der Waals surface area contributed by atoms with E-state index in [0.29, 0.717) is 31.7 Å². The van der Waals surface area contributed by atoms with Gasteiger partial charge in [-0.3, -0.25) is 9.00 Å². The molecule has 3 aromatic carbocycles. The molecule has 4 aromatic rings. The van der Waals surface area contributed by atoms with E-state index in [-0.39, 0.29) is 17.3 Å². The molecular weight excluding hydrogens is 415 g/mol. The van der Waals surface area contributed by atoms with Crippen LogP contribution in [0.1, 0.15) is 21.7 Å². The molecule has 4 rings (SSSR count). The maximum atomic E-state index is 13.1. The lowest BCUT2D eigenvalue weighted by atomic mass is 10.0. The molecule has 0 N–H and O–H groups in total. The van der Waals surface area contributed by atoms with Gasteiger partial charge < -0.3 is 4.42 Å². The highest BCUT2D eigenvalue weighted by Crippen LogP contribution is 2.30. The van der Waals surface area contributed by atoms with Gasteiger partial charge in [-0.2, -0.15) is 0 Å². The van der Waals surface area contributed by atoms with E-state index >= 15 is 0 Å². The summed E-state index contributed by atoms with van der Waals surface area (Å²) in [5, 5.41) is 1.90. The van der Waals surface area contributed by atoms with Crippen LogP contribution in [0.3, 0.4) is 0 Å².